The van der Waals surface area contributed by atoms with Gasteiger partial charge in [0.2, 0.25) is 0 Å². The molecular weight excluding hydrogens is 264 g/mol. The van der Waals surface area contributed by atoms with Crippen molar-refractivity contribution in [2.45, 2.75) is 6.92 Å². The van der Waals surface area contributed by atoms with E-state index in [-0.39, 0.29) is 17.3 Å². The van der Waals surface area contributed by atoms with E-state index in [2.05, 4.69) is 10.3 Å². The van der Waals surface area contributed by atoms with E-state index in [1.807, 2.05) is 0 Å². The predicted octanol–water partition coefficient (Wildman–Crippen LogP) is 3.19. The Labute approximate surface area is 115 Å². The fraction of sp³-hybridized carbons (Fsp3) is 0.0714. The smallest absolute Gasteiger partial charge is 0.258 e. The molecule has 96 valence electrons. The lowest BCUT2D eigenvalue weighted by molar-refractivity contribution is 0.101. The normalized spacial score (nSPS) is 10.0. The fourth-order valence-corrected chi connectivity index (χ4v) is 1.75. The van der Waals surface area contributed by atoms with Crippen molar-refractivity contribution in [1.29, 1.82) is 0 Å². The number of carbonyl (C=O) groups excluding carboxylic acids is 2. The number of amides is 1. The van der Waals surface area contributed by atoms with Gasteiger partial charge in [0.25, 0.3) is 5.91 Å². The molecule has 0 radical (unpaired) electrons. The van der Waals surface area contributed by atoms with Crippen molar-refractivity contribution < 1.29 is 9.59 Å². The lowest BCUT2D eigenvalue weighted by Gasteiger charge is -2.07. The fourth-order valence-electron chi connectivity index (χ4n) is 1.56. The molecule has 1 N–H and O–H groups in total. The molecule has 2 rings (SSSR count). The van der Waals surface area contributed by atoms with Crippen molar-refractivity contribution in [3.05, 3.63) is 58.9 Å². The molecule has 1 aromatic heterocycles. The van der Waals surface area contributed by atoms with Crippen LogP contribution in [0, 0.1) is 0 Å². The van der Waals surface area contributed by atoms with Crippen LogP contribution in [0.4, 0.5) is 5.69 Å². The quantitative estimate of drug-likeness (QED) is 0.875. The van der Waals surface area contributed by atoms with Crippen LogP contribution in [0.15, 0.2) is 42.7 Å². The molecule has 0 aliphatic heterocycles. The topological polar surface area (TPSA) is 59.1 Å². The van der Waals surface area contributed by atoms with E-state index in [0.717, 1.165) is 0 Å². The highest BCUT2D eigenvalue weighted by molar-refractivity contribution is 6.34. The molecule has 5 heteroatoms. The molecule has 19 heavy (non-hydrogen) atoms. The Morgan fingerprint density at radius 3 is 2.74 bits per heavy atom. The Morgan fingerprint density at radius 2 is 2.05 bits per heavy atom. The third kappa shape index (κ3) is 3.17. The average Bonchev–Trinajstić information content (AvgIpc) is 2.39. The number of anilines is 1. The number of ketones is 1. The Morgan fingerprint density at radius 1 is 1.26 bits per heavy atom. The maximum atomic E-state index is 12.0. The summed E-state index contributed by atoms with van der Waals surface area (Å²) >= 11 is 5.91. The first-order valence-corrected chi connectivity index (χ1v) is 5.97. The van der Waals surface area contributed by atoms with Gasteiger partial charge < -0.3 is 5.32 Å². The molecule has 0 unspecified atom stereocenters. The lowest BCUT2D eigenvalue weighted by Crippen LogP contribution is -2.13. The highest BCUT2D eigenvalue weighted by Crippen LogP contribution is 2.17. The second-order valence-corrected chi connectivity index (χ2v) is 4.35. The van der Waals surface area contributed by atoms with Crippen molar-refractivity contribution in [3.63, 3.8) is 0 Å². The third-order valence-corrected chi connectivity index (χ3v) is 2.87. The number of hydrogen-bond donors (Lipinski definition) is 1. The minimum Gasteiger partial charge on any atom is -0.322 e. The molecule has 4 nitrogen and oxygen atoms in total. The molecule has 0 saturated heterocycles. The molecule has 1 aromatic carbocycles. The summed E-state index contributed by atoms with van der Waals surface area (Å²) in [4.78, 5) is 27.1. The number of halogens is 1. The minimum absolute atomic E-state index is 0.0597. The van der Waals surface area contributed by atoms with Gasteiger partial charge in [0.15, 0.2) is 5.78 Å². The molecule has 1 amide bonds. The van der Waals surface area contributed by atoms with Crippen LogP contribution in [0.1, 0.15) is 27.6 Å². The van der Waals surface area contributed by atoms with E-state index in [0.29, 0.717) is 16.3 Å². The summed E-state index contributed by atoms with van der Waals surface area (Å²) in [6.45, 7) is 1.47. The number of rotatable bonds is 3. The minimum atomic E-state index is -0.362. The van der Waals surface area contributed by atoms with E-state index in [1.54, 1.807) is 30.3 Å². The van der Waals surface area contributed by atoms with Crippen LogP contribution in [-0.2, 0) is 0 Å². The van der Waals surface area contributed by atoms with Gasteiger partial charge in [-0.1, -0.05) is 23.7 Å². The summed E-state index contributed by atoms with van der Waals surface area (Å²) in [5.41, 5.74) is 1.37. The van der Waals surface area contributed by atoms with Gasteiger partial charge in [-0.25, -0.2) is 0 Å². The third-order valence-electron chi connectivity index (χ3n) is 2.54. The first-order chi connectivity index (χ1) is 9.08. The number of nitrogens with one attached hydrogen (secondary N) is 1. The van der Waals surface area contributed by atoms with Crippen molar-refractivity contribution >= 4 is 29.0 Å². The van der Waals surface area contributed by atoms with Crippen LogP contribution in [0.2, 0.25) is 5.02 Å². The lowest BCUT2D eigenvalue weighted by atomic mass is 10.1. The molecule has 0 atom stereocenters. The van der Waals surface area contributed by atoms with Gasteiger partial charge in [-0.3, -0.25) is 14.6 Å². The van der Waals surface area contributed by atoms with E-state index in [1.165, 1.54) is 19.3 Å². The number of aromatic nitrogens is 1. The van der Waals surface area contributed by atoms with Gasteiger partial charge in [0.1, 0.15) is 0 Å². The van der Waals surface area contributed by atoms with Crippen molar-refractivity contribution in [2.24, 2.45) is 0 Å². The van der Waals surface area contributed by atoms with E-state index < -0.39 is 0 Å². The van der Waals surface area contributed by atoms with Crippen LogP contribution in [0.3, 0.4) is 0 Å². The Hall–Kier alpha value is -2.20. The summed E-state index contributed by atoms with van der Waals surface area (Å²) in [6.07, 6.45) is 2.90. The Bertz CT molecular complexity index is 641. The molecule has 0 spiro atoms. The molecule has 0 aliphatic carbocycles. The first kappa shape index (κ1) is 13.2. The van der Waals surface area contributed by atoms with E-state index >= 15 is 0 Å². The molecule has 0 bridgehead atoms. The Kier molecular flexibility index (Phi) is 3.92. The molecule has 0 fully saturated rings. The summed E-state index contributed by atoms with van der Waals surface area (Å²) in [5, 5.41) is 3.01. The van der Waals surface area contributed by atoms with Crippen molar-refractivity contribution in [2.75, 3.05) is 5.32 Å². The van der Waals surface area contributed by atoms with Gasteiger partial charge in [-0.05, 0) is 25.1 Å². The predicted molar refractivity (Wildman–Crippen MR) is 73.6 cm³/mol. The largest absolute Gasteiger partial charge is 0.322 e. The summed E-state index contributed by atoms with van der Waals surface area (Å²) in [5.74, 6) is -0.422. The number of carbonyl (C=O) groups is 2. The maximum Gasteiger partial charge on any atom is 0.258 e. The van der Waals surface area contributed by atoms with Crippen molar-refractivity contribution in [1.82, 2.24) is 4.98 Å². The van der Waals surface area contributed by atoms with E-state index in [9.17, 15) is 9.59 Å². The molecular formula is C14H11ClN2O2. The standard InChI is InChI=1S/C14H11ClN2O2/c1-9(18)10-3-2-4-11(7-10)17-14(19)12-8-16-6-5-13(12)15/h2-8H,1H3,(H,17,19). The zero-order valence-corrected chi connectivity index (χ0v) is 10.9. The van der Waals surface area contributed by atoms with Gasteiger partial charge in [0, 0.05) is 23.6 Å². The monoisotopic (exact) mass is 274 g/mol. The molecule has 0 aliphatic rings. The summed E-state index contributed by atoms with van der Waals surface area (Å²) < 4.78 is 0. The summed E-state index contributed by atoms with van der Waals surface area (Å²) in [7, 11) is 0. The number of hydrogen-bond acceptors (Lipinski definition) is 3. The van der Waals surface area contributed by atoms with Crippen molar-refractivity contribution in [3.8, 4) is 0 Å². The van der Waals surface area contributed by atoms with Crippen LogP contribution in [0.25, 0.3) is 0 Å². The number of nitrogens with zero attached hydrogens (tertiary/aromatic N) is 1. The first-order valence-electron chi connectivity index (χ1n) is 5.60. The molecule has 1 heterocycles. The molecule has 0 saturated carbocycles. The highest BCUT2D eigenvalue weighted by Gasteiger charge is 2.11. The average molecular weight is 275 g/mol. The SMILES string of the molecule is CC(=O)c1cccc(NC(=O)c2cnccc2Cl)c1. The summed E-state index contributed by atoms with van der Waals surface area (Å²) in [6, 6.07) is 8.26. The van der Waals surface area contributed by atoms with Gasteiger partial charge in [-0.15, -0.1) is 0 Å². The van der Waals surface area contributed by atoms with Gasteiger partial charge >= 0.3 is 0 Å². The van der Waals surface area contributed by atoms with Gasteiger partial charge in [0.05, 0.1) is 10.6 Å². The highest BCUT2D eigenvalue weighted by atomic mass is 35.5. The van der Waals surface area contributed by atoms with Crippen LogP contribution in [-0.4, -0.2) is 16.7 Å². The van der Waals surface area contributed by atoms with Gasteiger partial charge in [-0.2, -0.15) is 0 Å². The maximum absolute atomic E-state index is 12.0. The molecule has 2 aromatic rings. The Balaban J connectivity index is 2.22. The number of pyridine rings is 1. The van der Waals surface area contributed by atoms with E-state index in [4.69, 9.17) is 11.6 Å². The van der Waals surface area contributed by atoms with Crippen LogP contribution < -0.4 is 5.32 Å². The zero-order valence-electron chi connectivity index (χ0n) is 10.2. The number of benzene rings is 1. The second-order valence-electron chi connectivity index (χ2n) is 3.95. The second kappa shape index (κ2) is 5.63. The van der Waals surface area contributed by atoms with Crippen LogP contribution in [0.5, 0.6) is 0 Å². The van der Waals surface area contributed by atoms with Crippen LogP contribution >= 0.6 is 11.6 Å². The zero-order chi connectivity index (χ0) is 13.8. The number of Topliss-reactive ketones (excluding diaryl/α,β-unsaturated/α-hetero) is 1.